The number of hydrogen-bond acceptors (Lipinski definition) is 2. The monoisotopic (exact) mass is 164 g/mol. The smallest absolute Gasteiger partial charge is 0.236 e. The zero-order valence-corrected chi connectivity index (χ0v) is 6.36. The van der Waals surface area contributed by atoms with Crippen LogP contribution in [-0.4, -0.2) is 24.4 Å². The van der Waals surface area contributed by atoms with E-state index in [0.717, 1.165) is 0 Å². The van der Waals surface area contributed by atoms with E-state index in [0.29, 0.717) is 0 Å². The number of rotatable bonds is 3. The van der Waals surface area contributed by atoms with E-state index >= 15 is 0 Å². The molecule has 0 aliphatic heterocycles. The van der Waals surface area contributed by atoms with E-state index in [2.05, 4.69) is 10.6 Å². The normalized spacial score (nSPS) is 8.60. The van der Waals surface area contributed by atoms with Crippen LogP contribution < -0.4 is 10.6 Å². The van der Waals surface area contributed by atoms with Gasteiger partial charge in [0.1, 0.15) is 5.88 Å². The van der Waals surface area contributed by atoms with Crippen molar-refractivity contribution in [2.45, 2.75) is 6.92 Å². The topological polar surface area (TPSA) is 58.2 Å². The molecular weight excluding hydrogens is 156 g/mol. The second-order valence-electron chi connectivity index (χ2n) is 1.64. The minimum atomic E-state index is -0.296. The molecule has 0 atom stereocenters. The average Bonchev–Trinajstić information content (AvgIpc) is 1.87. The van der Waals surface area contributed by atoms with E-state index in [4.69, 9.17) is 11.6 Å². The highest BCUT2D eigenvalue weighted by atomic mass is 35.5. The van der Waals surface area contributed by atoms with Crippen LogP contribution >= 0.6 is 11.6 Å². The Balaban J connectivity index is 3.20. The highest BCUT2D eigenvalue weighted by Gasteiger charge is 1.95. The summed E-state index contributed by atoms with van der Waals surface area (Å²) in [6.07, 6.45) is 0. The van der Waals surface area contributed by atoms with Crippen molar-refractivity contribution in [2.75, 3.05) is 12.5 Å². The first-order chi connectivity index (χ1) is 4.66. The molecule has 0 aliphatic rings. The van der Waals surface area contributed by atoms with Crippen molar-refractivity contribution in [1.82, 2.24) is 10.6 Å². The van der Waals surface area contributed by atoms with E-state index in [-0.39, 0.29) is 24.4 Å². The molecule has 0 fully saturated rings. The summed E-state index contributed by atoms with van der Waals surface area (Å²) in [4.78, 5) is 20.6. The van der Waals surface area contributed by atoms with Crippen molar-refractivity contribution in [3.05, 3.63) is 0 Å². The van der Waals surface area contributed by atoms with Crippen molar-refractivity contribution in [1.29, 1.82) is 0 Å². The molecule has 0 unspecified atom stereocenters. The van der Waals surface area contributed by atoms with Gasteiger partial charge in [-0.3, -0.25) is 9.59 Å². The van der Waals surface area contributed by atoms with Crippen LogP contribution in [0.25, 0.3) is 0 Å². The molecule has 0 aliphatic carbocycles. The fourth-order valence-electron chi connectivity index (χ4n) is 0.314. The Labute approximate surface area is 63.9 Å². The Morgan fingerprint density at radius 2 is 2.00 bits per heavy atom. The second-order valence-corrected chi connectivity index (χ2v) is 1.91. The molecule has 10 heavy (non-hydrogen) atoms. The second kappa shape index (κ2) is 5.05. The molecule has 0 aromatic carbocycles. The van der Waals surface area contributed by atoms with Crippen LogP contribution in [-0.2, 0) is 9.59 Å². The van der Waals surface area contributed by atoms with Gasteiger partial charge in [0.2, 0.25) is 11.8 Å². The molecule has 2 N–H and O–H groups in total. The van der Waals surface area contributed by atoms with Gasteiger partial charge in [0.05, 0.1) is 6.67 Å². The third kappa shape index (κ3) is 5.37. The summed E-state index contributed by atoms with van der Waals surface area (Å²) in [6, 6.07) is 0. The summed E-state index contributed by atoms with van der Waals surface area (Å²) in [7, 11) is 0. The predicted octanol–water partition coefficient (Wildman–Crippen LogP) is -0.565. The molecule has 0 spiro atoms. The van der Waals surface area contributed by atoms with Gasteiger partial charge in [-0.15, -0.1) is 11.6 Å². The maximum atomic E-state index is 10.4. The van der Waals surface area contributed by atoms with Crippen LogP contribution in [0, 0.1) is 0 Å². The van der Waals surface area contributed by atoms with Gasteiger partial charge < -0.3 is 10.6 Å². The Morgan fingerprint density at radius 3 is 2.40 bits per heavy atom. The highest BCUT2D eigenvalue weighted by molar-refractivity contribution is 6.27. The van der Waals surface area contributed by atoms with Crippen LogP contribution in [0.1, 0.15) is 6.92 Å². The van der Waals surface area contributed by atoms with Crippen LogP contribution in [0.3, 0.4) is 0 Å². The Kier molecular flexibility index (Phi) is 4.66. The molecular formula is C5H9ClN2O2. The number of amides is 2. The van der Waals surface area contributed by atoms with E-state index in [1.165, 1.54) is 6.92 Å². The third-order valence-electron chi connectivity index (χ3n) is 0.744. The maximum Gasteiger partial charge on any atom is 0.236 e. The van der Waals surface area contributed by atoms with E-state index in [1.807, 2.05) is 0 Å². The van der Waals surface area contributed by atoms with Crippen molar-refractivity contribution >= 4 is 23.4 Å². The standard InChI is InChI=1S/C5H9ClN2O2/c1-4(9)7-3-8-5(10)2-6/h2-3H2,1H3,(H,7,9)(H,8,10). The zero-order chi connectivity index (χ0) is 7.98. The molecule has 0 aromatic heterocycles. The van der Waals surface area contributed by atoms with Crippen molar-refractivity contribution in [3.8, 4) is 0 Å². The number of halogens is 1. The molecule has 58 valence electrons. The Hall–Kier alpha value is -0.770. The van der Waals surface area contributed by atoms with E-state index in [1.54, 1.807) is 0 Å². The SMILES string of the molecule is CC(=O)NCNC(=O)CCl. The first kappa shape index (κ1) is 9.23. The molecule has 5 heteroatoms. The number of nitrogens with one attached hydrogen (secondary N) is 2. The van der Waals surface area contributed by atoms with Crippen LogP contribution in [0.2, 0.25) is 0 Å². The lowest BCUT2D eigenvalue weighted by Gasteiger charge is -2.01. The number of carbonyl (C=O) groups is 2. The van der Waals surface area contributed by atoms with Gasteiger partial charge in [-0.25, -0.2) is 0 Å². The lowest BCUT2D eigenvalue weighted by Crippen LogP contribution is -2.36. The van der Waals surface area contributed by atoms with Gasteiger partial charge in [0.25, 0.3) is 0 Å². The van der Waals surface area contributed by atoms with Gasteiger partial charge in [0, 0.05) is 6.92 Å². The minimum absolute atomic E-state index is 0.0837. The lowest BCUT2D eigenvalue weighted by molar-refractivity contribution is -0.120. The summed E-state index contributed by atoms with van der Waals surface area (Å²) in [5.74, 6) is -0.565. The molecule has 0 aromatic rings. The average molecular weight is 165 g/mol. The number of carbonyl (C=O) groups excluding carboxylic acids is 2. The number of alkyl halides is 1. The fraction of sp³-hybridized carbons (Fsp3) is 0.600. The van der Waals surface area contributed by atoms with Crippen molar-refractivity contribution in [3.63, 3.8) is 0 Å². The molecule has 0 rings (SSSR count). The Morgan fingerprint density at radius 1 is 1.40 bits per heavy atom. The van der Waals surface area contributed by atoms with Gasteiger partial charge in [-0.05, 0) is 0 Å². The van der Waals surface area contributed by atoms with E-state index in [9.17, 15) is 9.59 Å². The van der Waals surface area contributed by atoms with Gasteiger partial charge in [-0.2, -0.15) is 0 Å². The number of hydrogen-bond donors (Lipinski definition) is 2. The summed E-state index contributed by atoms with van der Waals surface area (Å²) in [5.41, 5.74) is 0. The van der Waals surface area contributed by atoms with Crippen molar-refractivity contribution in [2.24, 2.45) is 0 Å². The largest absolute Gasteiger partial charge is 0.339 e. The van der Waals surface area contributed by atoms with Gasteiger partial charge in [-0.1, -0.05) is 0 Å². The van der Waals surface area contributed by atoms with Crippen LogP contribution in [0.15, 0.2) is 0 Å². The van der Waals surface area contributed by atoms with Gasteiger partial charge in [0.15, 0.2) is 0 Å². The Bertz CT molecular complexity index is 138. The third-order valence-corrected chi connectivity index (χ3v) is 0.987. The van der Waals surface area contributed by atoms with Gasteiger partial charge >= 0.3 is 0 Å². The lowest BCUT2D eigenvalue weighted by atomic mass is 10.6. The van der Waals surface area contributed by atoms with Crippen LogP contribution in [0.5, 0.6) is 0 Å². The molecule has 0 saturated heterocycles. The fourth-order valence-corrected chi connectivity index (χ4v) is 0.409. The van der Waals surface area contributed by atoms with Crippen LogP contribution in [0.4, 0.5) is 0 Å². The highest BCUT2D eigenvalue weighted by Crippen LogP contribution is 1.71. The molecule has 0 radical (unpaired) electrons. The molecule has 0 saturated carbocycles. The summed E-state index contributed by atoms with van der Waals surface area (Å²) in [5, 5.41) is 4.74. The minimum Gasteiger partial charge on any atom is -0.339 e. The molecule has 0 bridgehead atoms. The molecule has 2 amide bonds. The zero-order valence-electron chi connectivity index (χ0n) is 5.61. The summed E-state index contributed by atoms with van der Waals surface area (Å²) in [6.45, 7) is 1.51. The van der Waals surface area contributed by atoms with E-state index < -0.39 is 0 Å². The quantitative estimate of drug-likeness (QED) is 0.434. The van der Waals surface area contributed by atoms with Crippen molar-refractivity contribution < 1.29 is 9.59 Å². The maximum absolute atomic E-state index is 10.4. The first-order valence-electron chi connectivity index (χ1n) is 2.74. The first-order valence-corrected chi connectivity index (χ1v) is 3.27. The predicted molar refractivity (Wildman–Crippen MR) is 37.5 cm³/mol. The summed E-state index contributed by atoms with van der Waals surface area (Å²) < 4.78 is 0. The molecule has 4 nitrogen and oxygen atoms in total. The summed E-state index contributed by atoms with van der Waals surface area (Å²) >= 11 is 5.14. The molecule has 0 heterocycles.